The van der Waals surface area contributed by atoms with Gasteiger partial charge in [0, 0.05) is 11.6 Å². The lowest BCUT2D eigenvalue weighted by Gasteiger charge is -2.10. The van der Waals surface area contributed by atoms with Crippen molar-refractivity contribution in [1.82, 2.24) is 9.55 Å². The van der Waals surface area contributed by atoms with Crippen molar-refractivity contribution in [3.8, 4) is 5.75 Å². The van der Waals surface area contributed by atoms with Crippen LogP contribution in [-0.2, 0) is 13.2 Å². The van der Waals surface area contributed by atoms with E-state index in [1.807, 2.05) is 36.4 Å². The number of imidazole rings is 1. The first-order chi connectivity index (χ1) is 13.7. The zero-order valence-electron chi connectivity index (χ0n) is 15.1. The van der Waals surface area contributed by atoms with Crippen LogP contribution in [0.15, 0.2) is 78.9 Å². The molecule has 0 bridgehead atoms. The highest BCUT2D eigenvalue weighted by atomic mass is 35.5. The fourth-order valence-electron chi connectivity index (χ4n) is 3.03. The molecule has 140 valence electrons. The molecule has 4 aromatic rings. The van der Waals surface area contributed by atoms with Crippen molar-refractivity contribution >= 4 is 40.3 Å². The molecule has 1 aromatic heterocycles. The highest BCUT2D eigenvalue weighted by molar-refractivity contribution is 6.35. The molecule has 0 atom stereocenters. The number of ether oxygens (including phenoxy) is 1. The number of para-hydroxylation sites is 2. The molecule has 4 rings (SSSR count). The van der Waals surface area contributed by atoms with E-state index in [1.54, 1.807) is 18.2 Å². The van der Waals surface area contributed by atoms with Crippen LogP contribution in [0.25, 0.3) is 17.1 Å². The summed E-state index contributed by atoms with van der Waals surface area (Å²) in [6.45, 7) is 1.01. The molecule has 0 unspecified atom stereocenters. The minimum absolute atomic E-state index is 0.315. The van der Waals surface area contributed by atoms with E-state index in [0.29, 0.717) is 28.9 Å². The number of benzene rings is 3. The number of aromatic nitrogens is 2. The van der Waals surface area contributed by atoms with E-state index in [4.69, 9.17) is 32.9 Å². The number of hydrogen-bond donors (Lipinski definition) is 0. The summed E-state index contributed by atoms with van der Waals surface area (Å²) in [7, 11) is 0. The minimum atomic E-state index is 0.315. The van der Waals surface area contributed by atoms with Gasteiger partial charge >= 0.3 is 0 Å². The van der Waals surface area contributed by atoms with Gasteiger partial charge in [0.05, 0.1) is 16.1 Å². The molecule has 0 saturated carbocycles. The SMILES string of the molecule is Clc1ccc(OCc2nc3ccccc3n2CC=Cc2ccccc2)c(Cl)c1. The van der Waals surface area contributed by atoms with Crippen molar-refractivity contribution < 1.29 is 4.74 Å². The first kappa shape index (κ1) is 18.6. The Kier molecular flexibility index (Phi) is 5.65. The highest BCUT2D eigenvalue weighted by Crippen LogP contribution is 2.28. The lowest BCUT2D eigenvalue weighted by atomic mass is 10.2. The topological polar surface area (TPSA) is 27.1 Å². The third-order valence-electron chi connectivity index (χ3n) is 4.38. The van der Waals surface area contributed by atoms with Crippen molar-refractivity contribution in [1.29, 1.82) is 0 Å². The molecular weight excluding hydrogens is 391 g/mol. The van der Waals surface area contributed by atoms with E-state index in [1.165, 1.54) is 0 Å². The van der Waals surface area contributed by atoms with Crippen LogP contribution in [0.4, 0.5) is 0 Å². The summed E-state index contributed by atoms with van der Waals surface area (Å²) in [5.41, 5.74) is 3.18. The van der Waals surface area contributed by atoms with Crippen LogP contribution in [0.3, 0.4) is 0 Å². The van der Waals surface area contributed by atoms with Crippen LogP contribution in [0.1, 0.15) is 11.4 Å². The van der Waals surface area contributed by atoms with Gasteiger partial charge in [-0.15, -0.1) is 0 Å². The van der Waals surface area contributed by atoms with Crippen molar-refractivity contribution in [2.75, 3.05) is 0 Å². The first-order valence-electron chi connectivity index (χ1n) is 8.94. The lowest BCUT2D eigenvalue weighted by Crippen LogP contribution is -2.06. The first-order valence-corrected chi connectivity index (χ1v) is 9.70. The second kappa shape index (κ2) is 8.51. The van der Waals surface area contributed by atoms with Crippen molar-refractivity contribution in [3.63, 3.8) is 0 Å². The summed E-state index contributed by atoms with van der Waals surface area (Å²) in [5.74, 6) is 1.43. The molecule has 0 radical (unpaired) electrons. The van der Waals surface area contributed by atoms with Crippen molar-refractivity contribution in [2.45, 2.75) is 13.2 Å². The van der Waals surface area contributed by atoms with Crippen LogP contribution in [0.2, 0.25) is 10.0 Å². The average Bonchev–Trinajstić information content (AvgIpc) is 3.06. The molecule has 0 aliphatic carbocycles. The normalized spacial score (nSPS) is 11.4. The van der Waals surface area contributed by atoms with E-state index in [-0.39, 0.29) is 0 Å². The monoisotopic (exact) mass is 408 g/mol. The molecular formula is C23H18Cl2N2O. The van der Waals surface area contributed by atoms with Crippen LogP contribution < -0.4 is 4.74 Å². The second-order valence-corrected chi connectivity index (χ2v) is 7.15. The number of hydrogen-bond acceptors (Lipinski definition) is 2. The molecule has 0 amide bonds. The molecule has 0 aliphatic heterocycles. The zero-order valence-corrected chi connectivity index (χ0v) is 16.6. The smallest absolute Gasteiger partial charge is 0.148 e. The molecule has 3 nitrogen and oxygen atoms in total. The summed E-state index contributed by atoms with van der Waals surface area (Å²) < 4.78 is 8.07. The molecule has 28 heavy (non-hydrogen) atoms. The summed E-state index contributed by atoms with van der Waals surface area (Å²) in [4.78, 5) is 4.74. The van der Waals surface area contributed by atoms with Crippen LogP contribution in [0, 0.1) is 0 Å². The molecule has 5 heteroatoms. The maximum Gasteiger partial charge on any atom is 0.148 e. The Morgan fingerprint density at radius 3 is 2.54 bits per heavy atom. The van der Waals surface area contributed by atoms with Gasteiger partial charge in [-0.2, -0.15) is 0 Å². The third kappa shape index (κ3) is 4.22. The van der Waals surface area contributed by atoms with Gasteiger partial charge in [0.15, 0.2) is 0 Å². The predicted octanol–water partition coefficient (Wildman–Crippen LogP) is 6.64. The Labute approximate surface area is 173 Å². The van der Waals surface area contributed by atoms with Crippen LogP contribution in [0.5, 0.6) is 5.75 Å². The van der Waals surface area contributed by atoms with E-state index in [0.717, 1.165) is 22.4 Å². The van der Waals surface area contributed by atoms with Crippen molar-refractivity contribution in [3.05, 3.63) is 100 Å². The molecule has 0 saturated heterocycles. The van der Waals surface area contributed by atoms with E-state index in [2.05, 4.69) is 34.9 Å². The Bertz CT molecular complexity index is 1120. The molecule has 1 heterocycles. The summed E-state index contributed by atoms with van der Waals surface area (Å²) in [6, 6.07) is 23.5. The minimum Gasteiger partial charge on any atom is -0.484 e. The Morgan fingerprint density at radius 2 is 1.71 bits per heavy atom. The molecule has 0 aliphatic rings. The van der Waals surface area contributed by atoms with Gasteiger partial charge in [-0.25, -0.2) is 4.98 Å². The summed E-state index contributed by atoms with van der Waals surface area (Å²) in [6.07, 6.45) is 4.23. The fourth-order valence-corrected chi connectivity index (χ4v) is 3.50. The summed E-state index contributed by atoms with van der Waals surface area (Å²) >= 11 is 12.2. The van der Waals surface area contributed by atoms with Gasteiger partial charge < -0.3 is 9.30 Å². The molecule has 0 spiro atoms. The molecule has 0 fully saturated rings. The second-order valence-electron chi connectivity index (χ2n) is 6.30. The molecule has 0 N–H and O–H groups in total. The van der Waals surface area contributed by atoms with Crippen molar-refractivity contribution in [2.24, 2.45) is 0 Å². The third-order valence-corrected chi connectivity index (χ3v) is 4.91. The number of halogens is 2. The Hall–Kier alpha value is -2.75. The standard InChI is InChI=1S/C23H18Cl2N2O/c24-18-12-13-22(19(25)15-18)28-16-23-26-20-10-4-5-11-21(20)27(23)14-6-9-17-7-2-1-3-8-17/h1-13,15H,14,16H2. The predicted molar refractivity (Wildman–Crippen MR) is 116 cm³/mol. The van der Waals surface area contributed by atoms with Gasteiger partial charge in [-0.1, -0.05) is 77.8 Å². The number of nitrogens with zero attached hydrogens (tertiary/aromatic N) is 2. The van der Waals surface area contributed by atoms with Gasteiger partial charge in [0.25, 0.3) is 0 Å². The zero-order chi connectivity index (χ0) is 19.3. The van der Waals surface area contributed by atoms with Gasteiger partial charge in [-0.05, 0) is 35.9 Å². The number of rotatable bonds is 6. The average molecular weight is 409 g/mol. The number of fused-ring (bicyclic) bond motifs is 1. The van der Waals surface area contributed by atoms with Gasteiger partial charge in [0.2, 0.25) is 0 Å². The van der Waals surface area contributed by atoms with Crippen LogP contribution in [-0.4, -0.2) is 9.55 Å². The fraction of sp³-hybridized carbons (Fsp3) is 0.0870. The number of allylic oxidation sites excluding steroid dienone is 1. The Balaban J connectivity index is 1.58. The Morgan fingerprint density at radius 1 is 0.929 bits per heavy atom. The van der Waals surface area contributed by atoms with E-state index < -0.39 is 0 Å². The van der Waals surface area contributed by atoms with Crippen LogP contribution >= 0.6 is 23.2 Å². The van der Waals surface area contributed by atoms with E-state index >= 15 is 0 Å². The van der Waals surface area contributed by atoms with Gasteiger partial charge in [0.1, 0.15) is 18.2 Å². The highest BCUT2D eigenvalue weighted by Gasteiger charge is 2.11. The largest absolute Gasteiger partial charge is 0.484 e. The summed E-state index contributed by atoms with van der Waals surface area (Å²) in [5, 5.41) is 1.06. The quantitative estimate of drug-likeness (QED) is 0.357. The lowest BCUT2D eigenvalue weighted by molar-refractivity contribution is 0.291. The maximum atomic E-state index is 6.22. The van der Waals surface area contributed by atoms with Gasteiger partial charge in [-0.3, -0.25) is 0 Å². The van der Waals surface area contributed by atoms with E-state index in [9.17, 15) is 0 Å². The maximum absolute atomic E-state index is 6.22. The molecule has 3 aromatic carbocycles.